The molecule has 0 bridgehead atoms. The van der Waals surface area contributed by atoms with Gasteiger partial charge in [-0.05, 0) is 25.0 Å². The molecule has 5 nitrogen and oxygen atoms in total. The topological polar surface area (TPSA) is 75.8 Å². The minimum absolute atomic E-state index is 0.00594. The highest BCUT2D eigenvalue weighted by Crippen LogP contribution is 2.23. The normalized spacial score (nSPS) is 11.3. The van der Waals surface area contributed by atoms with E-state index in [9.17, 15) is 8.42 Å². The van der Waals surface area contributed by atoms with Crippen molar-refractivity contribution in [2.45, 2.75) is 25.4 Å². The van der Waals surface area contributed by atoms with E-state index < -0.39 is 9.05 Å². The van der Waals surface area contributed by atoms with Crippen LogP contribution in [0.15, 0.2) is 29.3 Å². The Labute approximate surface area is 121 Å². The maximum Gasteiger partial charge on any atom is 0.279 e. The molecule has 0 aliphatic rings. The van der Waals surface area contributed by atoms with E-state index in [0.29, 0.717) is 5.69 Å². The van der Waals surface area contributed by atoms with Crippen LogP contribution in [0.2, 0.25) is 0 Å². The molecule has 1 aromatic carbocycles. The second kappa shape index (κ2) is 5.27. The Kier molecular flexibility index (Phi) is 3.84. The summed E-state index contributed by atoms with van der Waals surface area (Å²) in [4.78, 5) is 0. The van der Waals surface area contributed by atoms with Gasteiger partial charge in [-0.3, -0.25) is 0 Å². The second-order valence-electron chi connectivity index (χ2n) is 4.40. The number of nitriles is 1. The van der Waals surface area contributed by atoms with Crippen molar-refractivity contribution in [1.29, 1.82) is 5.26 Å². The summed E-state index contributed by atoms with van der Waals surface area (Å²) < 4.78 is 24.6. The Morgan fingerprint density at radius 1 is 1.35 bits per heavy atom. The molecule has 2 aromatic rings. The Hall–Kier alpha value is -1.84. The molecular weight excluding hydrogens is 298 g/mol. The average molecular weight is 310 g/mol. The smallest absolute Gasteiger partial charge is 0.247 e. The summed E-state index contributed by atoms with van der Waals surface area (Å²) in [5.74, 6) is 0. The van der Waals surface area contributed by atoms with Gasteiger partial charge in [-0.1, -0.05) is 24.3 Å². The van der Waals surface area contributed by atoms with Crippen molar-refractivity contribution in [3.05, 3.63) is 46.6 Å². The summed E-state index contributed by atoms with van der Waals surface area (Å²) in [7, 11) is 1.39. The minimum Gasteiger partial charge on any atom is -0.247 e. The summed E-state index contributed by atoms with van der Waals surface area (Å²) in [6.45, 7) is 3.75. The summed E-state index contributed by atoms with van der Waals surface area (Å²) in [6.07, 6.45) is 0. The monoisotopic (exact) mass is 309 g/mol. The van der Waals surface area contributed by atoms with Gasteiger partial charge in [0, 0.05) is 10.7 Å². The first-order valence-electron chi connectivity index (χ1n) is 5.81. The molecule has 0 spiro atoms. The van der Waals surface area contributed by atoms with E-state index in [2.05, 4.69) is 5.10 Å². The van der Waals surface area contributed by atoms with Crippen LogP contribution in [0.3, 0.4) is 0 Å². The van der Waals surface area contributed by atoms with Crippen LogP contribution in [0.25, 0.3) is 0 Å². The highest BCUT2D eigenvalue weighted by atomic mass is 35.7. The molecule has 2 rings (SSSR count). The molecule has 0 aliphatic carbocycles. The van der Waals surface area contributed by atoms with E-state index in [1.807, 2.05) is 37.3 Å². The van der Waals surface area contributed by atoms with Gasteiger partial charge in [-0.25, -0.2) is 13.1 Å². The lowest BCUT2D eigenvalue weighted by atomic mass is 10.1. The van der Waals surface area contributed by atoms with Crippen LogP contribution in [-0.2, 0) is 15.6 Å². The number of rotatable bonds is 3. The summed E-state index contributed by atoms with van der Waals surface area (Å²) in [5, 5.41) is 12.9. The zero-order chi connectivity index (χ0) is 14.9. The van der Waals surface area contributed by atoms with Gasteiger partial charge in [-0.15, -0.1) is 0 Å². The second-order valence-corrected chi connectivity index (χ2v) is 6.88. The molecule has 104 valence electrons. The number of halogens is 1. The van der Waals surface area contributed by atoms with Gasteiger partial charge in [0.05, 0.1) is 12.2 Å². The number of nitrogens with zero attached hydrogens (tertiary/aromatic N) is 3. The zero-order valence-corrected chi connectivity index (χ0v) is 12.5. The van der Waals surface area contributed by atoms with Crippen LogP contribution in [-0.4, -0.2) is 18.2 Å². The maximum atomic E-state index is 11.7. The third kappa shape index (κ3) is 2.69. The lowest BCUT2D eigenvalue weighted by Gasteiger charge is -2.08. The predicted molar refractivity (Wildman–Crippen MR) is 75.0 cm³/mol. The van der Waals surface area contributed by atoms with Crippen LogP contribution in [0.1, 0.15) is 22.4 Å². The van der Waals surface area contributed by atoms with E-state index in [1.54, 1.807) is 6.92 Å². The highest BCUT2D eigenvalue weighted by molar-refractivity contribution is 8.13. The van der Waals surface area contributed by atoms with Crippen molar-refractivity contribution < 1.29 is 8.42 Å². The van der Waals surface area contributed by atoms with Crippen molar-refractivity contribution >= 4 is 19.7 Å². The van der Waals surface area contributed by atoms with Gasteiger partial charge in [0.1, 0.15) is 11.6 Å². The van der Waals surface area contributed by atoms with Crippen molar-refractivity contribution in [3.8, 4) is 6.07 Å². The lowest BCUT2D eigenvalue weighted by molar-refractivity contribution is 0.572. The fraction of sp³-hybridized carbons (Fsp3) is 0.231. The minimum atomic E-state index is -4.04. The van der Waals surface area contributed by atoms with Crippen LogP contribution in [0.5, 0.6) is 0 Å². The van der Waals surface area contributed by atoms with Crippen LogP contribution < -0.4 is 0 Å². The van der Waals surface area contributed by atoms with Crippen LogP contribution in [0.4, 0.5) is 0 Å². The van der Waals surface area contributed by atoms with E-state index in [1.165, 1.54) is 4.68 Å². The van der Waals surface area contributed by atoms with Gasteiger partial charge in [-0.2, -0.15) is 10.4 Å². The Morgan fingerprint density at radius 2 is 2.00 bits per heavy atom. The molecule has 1 heterocycles. The number of benzene rings is 1. The van der Waals surface area contributed by atoms with Gasteiger partial charge in [0.25, 0.3) is 9.05 Å². The predicted octanol–water partition coefficient (Wildman–Crippen LogP) is 2.35. The molecule has 0 saturated carbocycles. The Bertz CT molecular complexity index is 804. The average Bonchev–Trinajstić information content (AvgIpc) is 2.68. The molecule has 0 aliphatic heterocycles. The Balaban J connectivity index is 2.60. The van der Waals surface area contributed by atoms with Crippen molar-refractivity contribution in [1.82, 2.24) is 9.78 Å². The van der Waals surface area contributed by atoms with Gasteiger partial charge in [0.15, 0.2) is 5.03 Å². The SMILES string of the molecule is Cc1ccccc1Cn1nc(C)c(C#N)c1S(=O)(=O)Cl. The standard InChI is InChI=1S/C13H12ClN3O2S/c1-9-5-3-4-6-11(9)8-17-13(20(14,18)19)12(7-15)10(2)16-17/h3-6H,8H2,1-2H3. The molecule has 0 saturated heterocycles. The summed E-state index contributed by atoms with van der Waals surface area (Å²) in [5.41, 5.74) is 2.27. The molecule has 1 aromatic heterocycles. The molecule has 0 atom stereocenters. The summed E-state index contributed by atoms with van der Waals surface area (Å²) in [6, 6.07) is 9.40. The largest absolute Gasteiger partial charge is 0.279 e. The fourth-order valence-electron chi connectivity index (χ4n) is 1.99. The van der Waals surface area contributed by atoms with Crippen molar-refractivity contribution in [2.75, 3.05) is 0 Å². The molecule has 0 amide bonds. The van der Waals surface area contributed by atoms with Crippen molar-refractivity contribution in [2.24, 2.45) is 0 Å². The molecule has 20 heavy (non-hydrogen) atoms. The van der Waals surface area contributed by atoms with Gasteiger partial charge in [0.2, 0.25) is 0 Å². The van der Waals surface area contributed by atoms with Gasteiger partial charge >= 0.3 is 0 Å². The maximum absolute atomic E-state index is 11.7. The number of hydrogen-bond acceptors (Lipinski definition) is 4. The first kappa shape index (κ1) is 14.6. The van der Waals surface area contributed by atoms with Crippen molar-refractivity contribution in [3.63, 3.8) is 0 Å². The molecule has 0 radical (unpaired) electrons. The zero-order valence-electron chi connectivity index (χ0n) is 11.0. The first-order chi connectivity index (χ1) is 9.34. The summed E-state index contributed by atoms with van der Waals surface area (Å²) >= 11 is 0. The third-order valence-corrected chi connectivity index (χ3v) is 4.32. The van der Waals surface area contributed by atoms with E-state index in [0.717, 1.165) is 11.1 Å². The number of hydrogen-bond donors (Lipinski definition) is 0. The third-order valence-electron chi connectivity index (χ3n) is 3.00. The van der Waals surface area contributed by atoms with Gasteiger partial charge < -0.3 is 0 Å². The van der Waals surface area contributed by atoms with E-state index in [4.69, 9.17) is 15.9 Å². The quantitative estimate of drug-likeness (QED) is 0.816. The van der Waals surface area contributed by atoms with Crippen LogP contribution in [0, 0.1) is 25.2 Å². The molecule has 7 heteroatoms. The van der Waals surface area contributed by atoms with E-state index >= 15 is 0 Å². The molecule has 0 fully saturated rings. The highest BCUT2D eigenvalue weighted by Gasteiger charge is 2.25. The van der Waals surface area contributed by atoms with Crippen LogP contribution >= 0.6 is 10.7 Å². The molecule has 0 N–H and O–H groups in total. The lowest BCUT2D eigenvalue weighted by Crippen LogP contribution is -2.10. The fourth-order valence-corrected chi connectivity index (χ4v) is 3.26. The van der Waals surface area contributed by atoms with E-state index in [-0.39, 0.29) is 17.1 Å². The first-order valence-corrected chi connectivity index (χ1v) is 8.12. The molecular formula is C13H12ClN3O2S. The Morgan fingerprint density at radius 3 is 2.55 bits per heavy atom. The molecule has 0 unspecified atom stereocenters. The number of aryl methyl sites for hydroxylation is 2. The number of aromatic nitrogens is 2.